The lowest BCUT2D eigenvalue weighted by Gasteiger charge is -2.13. The van der Waals surface area contributed by atoms with Crippen LogP contribution in [0.2, 0.25) is 0 Å². The van der Waals surface area contributed by atoms with Crippen molar-refractivity contribution in [2.75, 3.05) is 16.8 Å². The van der Waals surface area contributed by atoms with E-state index in [2.05, 4.69) is 20.6 Å². The van der Waals surface area contributed by atoms with E-state index in [9.17, 15) is 13.2 Å². The number of sulfone groups is 1. The molecule has 1 fully saturated rings. The van der Waals surface area contributed by atoms with Gasteiger partial charge < -0.3 is 10.6 Å². The van der Waals surface area contributed by atoms with E-state index in [0.717, 1.165) is 11.1 Å². The molecule has 138 valence electrons. The average molecular weight is 374 g/mol. The van der Waals surface area contributed by atoms with E-state index in [1.807, 2.05) is 31.2 Å². The summed E-state index contributed by atoms with van der Waals surface area (Å²) in [6.45, 7) is 4.18. The maximum atomic E-state index is 12.4. The van der Waals surface area contributed by atoms with Gasteiger partial charge in [0, 0.05) is 18.3 Å². The summed E-state index contributed by atoms with van der Waals surface area (Å²) >= 11 is 0. The lowest BCUT2D eigenvalue weighted by Crippen LogP contribution is -2.26. The van der Waals surface area contributed by atoms with Crippen LogP contribution in [0.25, 0.3) is 0 Å². The minimum absolute atomic E-state index is 0.0686. The van der Waals surface area contributed by atoms with Crippen LogP contribution in [-0.4, -0.2) is 41.8 Å². The Morgan fingerprint density at radius 1 is 1.23 bits per heavy atom. The predicted molar refractivity (Wildman–Crippen MR) is 99.8 cm³/mol. The first-order chi connectivity index (χ1) is 12.3. The van der Waals surface area contributed by atoms with Crippen LogP contribution >= 0.6 is 0 Å². The van der Waals surface area contributed by atoms with Crippen LogP contribution in [0, 0.1) is 13.8 Å². The van der Waals surface area contributed by atoms with Crippen molar-refractivity contribution in [3.05, 3.63) is 52.8 Å². The maximum Gasteiger partial charge on any atom is 0.270 e. The van der Waals surface area contributed by atoms with Gasteiger partial charge in [0.2, 0.25) is 5.95 Å². The van der Waals surface area contributed by atoms with Crippen LogP contribution in [0.3, 0.4) is 0 Å². The van der Waals surface area contributed by atoms with Gasteiger partial charge in [0.15, 0.2) is 9.84 Å². The second-order valence-electron chi connectivity index (χ2n) is 6.57. The van der Waals surface area contributed by atoms with Crippen molar-refractivity contribution in [2.24, 2.45) is 0 Å². The fourth-order valence-corrected chi connectivity index (χ4v) is 4.59. The summed E-state index contributed by atoms with van der Waals surface area (Å²) in [5, 5.41) is 5.90. The van der Waals surface area contributed by atoms with Crippen LogP contribution in [0.4, 0.5) is 5.95 Å². The van der Waals surface area contributed by atoms with Crippen LogP contribution in [0.5, 0.6) is 0 Å². The highest BCUT2D eigenvalue weighted by Gasteiger charge is 2.28. The minimum atomic E-state index is -2.99. The fourth-order valence-electron chi connectivity index (χ4n) is 2.92. The number of benzene rings is 1. The number of amides is 1. The molecule has 1 amide bonds. The molecule has 0 radical (unpaired) electrons. The molecule has 1 aromatic heterocycles. The van der Waals surface area contributed by atoms with Gasteiger partial charge in [-0.3, -0.25) is 4.79 Å². The normalized spacial score (nSPS) is 18.5. The van der Waals surface area contributed by atoms with Crippen LogP contribution < -0.4 is 10.6 Å². The van der Waals surface area contributed by atoms with Gasteiger partial charge in [0.1, 0.15) is 5.69 Å². The van der Waals surface area contributed by atoms with Crippen molar-refractivity contribution >= 4 is 21.7 Å². The van der Waals surface area contributed by atoms with E-state index >= 15 is 0 Å². The molecule has 1 saturated heterocycles. The SMILES string of the molecule is Cc1cc(C(=O)NCc2ccccc2C)nc(NC2CCS(=O)(=O)C2)n1. The number of rotatable bonds is 5. The van der Waals surface area contributed by atoms with Gasteiger partial charge in [-0.1, -0.05) is 24.3 Å². The smallest absolute Gasteiger partial charge is 0.270 e. The first-order valence-corrected chi connectivity index (χ1v) is 10.3. The number of nitrogens with one attached hydrogen (secondary N) is 2. The van der Waals surface area contributed by atoms with E-state index in [4.69, 9.17) is 0 Å². The Morgan fingerprint density at radius 2 is 2.00 bits per heavy atom. The zero-order chi connectivity index (χ0) is 18.7. The molecule has 7 nitrogen and oxygen atoms in total. The van der Waals surface area contributed by atoms with Crippen molar-refractivity contribution in [3.8, 4) is 0 Å². The summed E-state index contributed by atoms with van der Waals surface area (Å²) in [6.07, 6.45) is 0.522. The summed E-state index contributed by atoms with van der Waals surface area (Å²) < 4.78 is 23.2. The first-order valence-electron chi connectivity index (χ1n) is 8.48. The molecule has 1 atom stereocenters. The Balaban J connectivity index is 1.68. The number of carbonyl (C=O) groups excluding carboxylic acids is 1. The van der Waals surface area contributed by atoms with Gasteiger partial charge in [-0.15, -0.1) is 0 Å². The van der Waals surface area contributed by atoms with Gasteiger partial charge in [-0.2, -0.15) is 0 Å². The van der Waals surface area contributed by atoms with Crippen LogP contribution in [0.15, 0.2) is 30.3 Å². The molecule has 1 unspecified atom stereocenters. The maximum absolute atomic E-state index is 12.4. The summed E-state index contributed by atoms with van der Waals surface area (Å²) in [5.41, 5.74) is 3.05. The highest BCUT2D eigenvalue weighted by molar-refractivity contribution is 7.91. The zero-order valence-corrected chi connectivity index (χ0v) is 15.6. The monoisotopic (exact) mass is 374 g/mol. The molecule has 1 aromatic carbocycles. The van der Waals surface area contributed by atoms with Crippen LogP contribution in [-0.2, 0) is 16.4 Å². The van der Waals surface area contributed by atoms with E-state index in [1.165, 1.54) is 0 Å². The molecule has 3 rings (SSSR count). The van der Waals surface area contributed by atoms with Crippen molar-refractivity contribution in [2.45, 2.75) is 32.9 Å². The topological polar surface area (TPSA) is 101 Å². The molecule has 26 heavy (non-hydrogen) atoms. The Morgan fingerprint density at radius 3 is 2.69 bits per heavy atom. The molecule has 2 N–H and O–H groups in total. The van der Waals surface area contributed by atoms with E-state index in [1.54, 1.807) is 13.0 Å². The summed E-state index contributed by atoms with van der Waals surface area (Å²) in [5.74, 6) is 0.230. The number of aryl methyl sites for hydroxylation is 2. The number of hydrogen-bond donors (Lipinski definition) is 2. The lowest BCUT2D eigenvalue weighted by atomic mass is 10.1. The van der Waals surface area contributed by atoms with Gasteiger partial charge in [0.05, 0.1) is 11.5 Å². The second-order valence-corrected chi connectivity index (χ2v) is 8.80. The first kappa shape index (κ1) is 18.3. The number of carbonyl (C=O) groups is 1. The lowest BCUT2D eigenvalue weighted by molar-refractivity contribution is 0.0945. The Labute approximate surface area is 153 Å². The third-order valence-electron chi connectivity index (χ3n) is 4.35. The van der Waals surface area contributed by atoms with Crippen molar-refractivity contribution in [1.29, 1.82) is 0 Å². The molecule has 2 heterocycles. The van der Waals surface area contributed by atoms with E-state index in [0.29, 0.717) is 18.7 Å². The van der Waals surface area contributed by atoms with E-state index < -0.39 is 9.84 Å². The zero-order valence-electron chi connectivity index (χ0n) is 14.8. The average Bonchev–Trinajstić information content (AvgIpc) is 2.92. The third-order valence-corrected chi connectivity index (χ3v) is 6.12. The molecule has 1 aliphatic heterocycles. The van der Waals surface area contributed by atoms with Gasteiger partial charge in [-0.25, -0.2) is 18.4 Å². The van der Waals surface area contributed by atoms with Crippen LogP contribution in [0.1, 0.15) is 33.7 Å². The van der Waals surface area contributed by atoms with Crippen molar-refractivity contribution in [1.82, 2.24) is 15.3 Å². The molecular formula is C18H22N4O3S. The number of nitrogens with zero attached hydrogens (tertiary/aromatic N) is 2. The fraction of sp³-hybridized carbons (Fsp3) is 0.389. The van der Waals surface area contributed by atoms with Crippen molar-refractivity contribution in [3.63, 3.8) is 0 Å². The molecule has 1 aliphatic rings. The molecule has 0 saturated carbocycles. The minimum Gasteiger partial charge on any atom is -0.350 e. The second kappa shape index (κ2) is 7.41. The Kier molecular flexibility index (Phi) is 5.22. The summed E-state index contributed by atoms with van der Waals surface area (Å²) in [6, 6.07) is 9.24. The number of anilines is 1. The third kappa shape index (κ3) is 4.57. The molecule has 0 bridgehead atoms. The molecule has 8 heteroatoms. The Bertz CT molecular complexity index is 928. The van der Waals surface area contributed by atoms with Crippen molar-refractivity contribution < 1.29 is 13.2 Å². The standard InChI is InChI=1S/C18H22N4O3S/c1-12-5-3-4-6-14(12)10-19-17(23)16-9-13(2)20-18(22-16)21-15-7-8-26(24,25)11-15/h3-6,9,15H,7-8,10-11H2,1-2H3,(H,19,23)(H,20,21,22). The highest BCUT2D eigenvalue weighted by Crippen LogP contribution is 2.16. The van der Waals surface area contributed by atoms with Gasteiger partial charge >= 0.3 is 0 Å². The quantitative estimate of drug-likeness (QED) is 0.825. The molecule has 0 aliphatic carbocycles. The largest absolute Gasteiger partial charge is 0.350 e. The van der Waals surface area contributed by atoms with Gasteiger partial charge in [0.25, 0.3) is 5.91 Å². The predicted octanol–water partition coefficient (Wildman–Crippen LogP) is 1.62. The molecule has 2 aromatic rings. The molecular weight excluding hydrogens is 352 g/mol. The van der Waals surface area contributed by atoms with E-state index in [-0.39, 0.29) is 35.1 Å². The Hall–Kier alpha value is -2.48. The molecule has 0 spiro atoms. The summed E-state index contributed by atoms with van der Waals surface area (Å²) in [4.78, 5) is 21.0. The number of aromatic nitrogens is 2. The van der Waals surface area contributed by atoms with Gasteiger partial charge in [-0.05, 0) is 37.5 Å². The summed E-state index contributed by atoms with van der Waals surface area (Å²) in [7, 11) is -2.99. The highest BCUT2D eigenvalue weighted by atomic mass is 32.2. The number of hydrogen-bond acceptors (Lipinski definition) is 6.